The van der Waals surface area contributed by atoms with Gasteiger partial charge in [-0.05, 0) is 46.6 Å². The Morgan fingerprint density at radius 2 is 1.96 bits per heavy atom. The van der Waals surface area contributed by atoms with E-state index in [4.69, 9.17) is 4.74 Å². The van der Waals surface area contributed by atoms with Gasteiger partial charge in [0.05, 0.1) is 10.5 Å². The quantitative estimate of drug-likeness (QED) is 0.477. The van der Waals surface area contributed by atoms with Gasteiger partial charge in [-0.1, -0.05) is 12.1 Å². The Morgan fingerprint density at radius 1 is 1.25 bits per heavy atom. The lowest BCUT2D eigenvalue weighted by atomic mass is 10.2. The van der Waals surface area contributed by atoms with Crippen molar-refractivity contribution in [1.29, 1.82) is 0 Å². The molecule has 0 unspecified atom stereocenters. The average Bonchev–Trinajstić information content (AvgIpc) is 2.54. The van der Waals surface area contributed by atoms with Crippen molar-refractivity contribution in [2.24, 2.45) is 0 Å². The number of carbonyl (C=O) groups is 2. The third kappa shape index (κ3) is 4.39. The van der Waals surface area contributed by atoms with Crippen LogP contribution in [-0.4, -0.2) is 23.4 Å². The maximum atomic E-state index is 11.9. The fourth-order valence-corrected chi connectivity index (χ4v) is 2.37. The minimum absolute atomic E-state index is 0.0640. The standard InChI is InChI=1S/C16H13BrN2O5/c1-10-8-11(19(22)23)6-7-14(10)18-15(20)9-24-16(21)12-4-2-3-5-13(12)17/h2-8H,9H2,1H3,(H,18,20). The highest BCUT2D eigenvalue weighted by atomic mass is 79.9. The summed E-state index contributed by atoms with van der Waals surface area (Å²) in [5, 5.41) is 13.2. The number of carbonyl (C=O) groups excluding carboxylic acids is 2. The maximum absolute atomic E-state index is 11.9. The summed E-state index contributed by atoms with van der Waals surface area (Å²) in [6.45, 7) is 1.17. The number of nitro groups is 1. The van der Waals surface area contributed by atoms with Crippen molar-refractivity contribution >= 4 is 39.2 Å². The second-order valence-corrected chi connectivity index (χ2v) is 5.71. The largest absolute Gasteiger partial charge is 0.452 e. The SMILES string of the molecule is Cc1cc([N+](=O)[O-])ccc1NC(=O)COC(=O)c1ccccc1Br. The zero-order valence-corrected chi connectivity index (χ0v) is 14.2. The number of aryl methyl sites for hydroxylation is 1. The Hall–Kier alpha value is -2.74. The van der Waals surface area contributed by atoms with Crippen LogP contribution in [0.4, 0.5) is 11.4 Å². The van der Waals surface area contributed by atoms with Gasteiger partial charge < -0.3 is 10.1 Å². The lowest BCUT2D eigenvalue weighted by molar-refractivity contribution is -0.384. The molecule has 1 amide bonds. The maximum Gasteiger partial charge on any atom is 0.339 e. The molecule has 0 atom stereocenters. The van der Waals surface area contributed by atoms with E-state index in [0.717, 1.165) is 0 Å². The number of esters is 1. The lowest BCUT2D eigenvalue weighted by Crippen LogP contribution is -2.21. The van der Waals surface area contributed by atoms with Gasteiger partial charge >= 0.3 is 5.97 Å². The van der Waals surface area contributed by atoms with E-state index in [9.17, 15) is 19.7 Å². The van der Waals surface area contributed by atoms with Crippen LogP contribution in [0.1, 0.15) is 15.9 Å². The number of ether oxygens (including phenoxy) is 1. The number of non-ortho nitro benzene ring substituents is 1. The molecule has 0 aliphatic rings. The number of halogens is 1. The van der Waals surface area contributed by atoms with E-state index in [1.165, 1.54) is 18.2 Å². The second-order valence-electron chi connectivity index (χ2n) is 4.86. The van der Waals surface area contributed by atoms with E-state index < -0.39 is 23.4 Å². The molecule has 8 heteroatoms. The minimum Gasteiger partial charge on any atom is -0.452 e. The zero-order chi connectivity index (χ0) is 17.7. The molecular weight excluding hydrogens is 380 g/mol. The molecule has 124 valence electrons. The van der Waals surface area contributed by atoms with Crippen LogP contribution in [0.25, 0.3) is 0 Å². The first kappa shape index (κ1) is 17.6. The molecule has 0 radical (unpaired) electrons. The smallest absolute Gasteiger partial charge is 0.339 e. The Balaban J connectivity index is 1.95. The summed E-state index contributed by atoms with van der Waals surface area (Å²) in [5.74, 6) is -1.16. The molecule has 0 aliphatic carbocycles. The summed E-state index contributed by atoms with van der Waals surface area (Å²) >= 11 is 3.23. The van der Waals surface area contributed by atoms with Crippen LogP contribution in [0.5, 0.6) is 0 Å². The van der Waals surface area contributed by atoms with E-state index in [1.807, 2.05) is 0 Å². The van der Waals surface area contributed by atoms with Crippen molar-refractivity contribution in [3.63, 3.8) is 0 Å². The van der Waals surface area contributed by atoms with Gasteiger partial charge in [-0.2, -0.15) is 0 Å². The Kier molecular flexibility index (Phi) is 5.64. The van der Waals surface area contributed by atoms with Crippen LogP contribution in [0.2, 0.25) is 0 Å². The Morgan fingerprint density at radius 3 is 2.58 bits per heavy atom. The number of rotatable bonds is 5. The van der Waals surface area contributed by atoms with Crippen LogP contribution < -0.4 is 5.32 Å². The van der Waals surface area contributed by atoms with E-state index in [2.05, 4.69) is 21.2 Å². The third-order valence-electron chi connectivity index (χ3n) is 3.12. The zero-order valence-electron chi connectivity index (χ0n) is 12.6. The fourth-order valence-electron chi connectivity index (χ4n) is 1.92. The fraction of sp³-hybridized carbons (Fsp3) is 0.125. The number of nitrogens with zero attached hydrogens (tertiary/aromatic N) is 1. The lowest BCUT2D eigenvalue weighted by Gasteiger charge is -2.09. The molecule has 0 aliphatic heterocycles. The van der Waals surface area contributed by atoms with E-state index in [0.29, 0.717) is 21.3 Å². The first-order chi connectivity index (χ1) is 11.4. The average molecular weight is 393 g/mol. The molecule has 0 heterocycles. The summed E-state index contributed by atoms with van der Waals surface area (Å²) in [6.07, 6.45) is 0. The van der Waals surface area contributed by atoms with Crippen molar-refractivity contribution < 1.29 is 19.2 Å². The topological polar surface area (TPSA) is 98.5 Å². The highest BCUT2D eigenvalue weighted by Crippen LogP contribution is 2.21. The number of anilines is 1. The number of nitro benzene ring substituents is 1. The van der Waals surface area contributed by atoms with Crippen molar-refractivity contribution in [3.05, 3.63) is 68.2 Å². The van der Waals surface area contributed by atoms with Crippen LogP contribution in [0.15, 0.2) is 46.9 Å². The number of benzene rings is 2. The van der Waals surface area contributed by atoms with Crippen LogP contribution in [-0.2, 0) is 9.53 Å². The molecule has 0 fully saturated rings. The van der Waals surface area contributed by atoms with Gasteiger partial charge in [-0.3, -0.25) is 14.9 Å². The number of hydrogen-bond acceptors (Lipinski definition) is 5. The molecule has 24 heavy (non-hydrogen) atoms. The van der Waals surface area contributed by atoms with Crippen LogP contribution in [0.3, 0.4) is 0 Å². The van der Waals surface area contributed by atoms with Crippen molar-refractivity contribution in [1.82, 2.24) is 0 Å². The molecule has 0 saturated heterocycles. The van der Waals surface area contributed by atoms with Gasteiger partial charge in [-0.25, -0.2) is 4.79 Å². The first-order valence-electron chi connectivity index (χ1n) is 6.85. The Bertz CT molecular complexity index is 807. The molecule has 2 aromatic rings. The van der Waals surface area contributed by atoms with Gasteiger partial charge in [0.2, 0.25) is 0 Å². The minimum atomic E-state index is -0.627. The first-order valence-corrected chi connectivity index (χ1v) is 7.64. The molecule has 0 bridgehead atoms. The van der Waals surface area contributed by atoms with E-state index in [1.54, 1.807) is 31.2 Å². The number of hydrogen-bond donors (Lipinski definition) is 1. The van der Waals surface area contributed by atoms with Gasteiger partial charge in [0, 0.05) is 22.3 Å². The summed E-state index contributed by atoms with van der Waals surface area (Å²) in [6, 6.07) is 10.8. The number of nitrogens with one attached hydrogen (secondary N) is 1. The van der Waals surface area contributed by atoms with Crippen molar-refractivity contribution in [3.8, 4) is 0 Å². The molecular formula is C16H13BrN2O5. The summed E-state index contributed by atoms with van der Waals surface area (Å²) in [5.41, 5.74) is 1.21. The highest BCUT2D eigenvalue weighted by Gasteiger charge is 2.14. The van der Waals surface area contributed by atoms with Gasteiger partial charge in [0.15, 0.2) is 6.61 Å². The van der Waals surface area contributed by atoms with Gasteiger partial charge in [0.25, 0.3) is 11.6 Å². The second kappa shape index (κ2) is 7.69. The van der Waals surface area contributed by atoms with Crippen LogP contribution in [0, 0.1) is 17.0 Å². The summed E-state index contributed by atoms with van der Waals surface area (Å²) in [4.78, 5) is 33.9. The molecule has 7 nitrogen and oxygen atoms in total. The molecule has 2 aromatic carbocycles. The summed E-state index contributed by atoms with van der Waals surface area (Å²) < 4.78 is 5.53. The Labute approximate surface area is 145 Å². The molecule has 0 spiro atoms. The predicted molar refractivity (Wildman–Crippen MR) is 90.9 cm³/mol. The predicted octanol–water partition coefficient (Wildman–Crippen LogP) is 3.46. The molecule has 0 saturated carbocycles. The third-order valence-corrected chi connectivity index (χ3v) is 3.81. The molecule has 2 rings (SSSR count). The number of amides is 1. The molecule has 0 aromatic heterocycles. The normalized spacial score (nSPS) is 10.1. The van der Waals surface area contributed by atoms with Crippen LogP contribution >= 0.6 is 15.9 Å². The monoisotopic (exact) mass is 392 g/mol. The van der Waals surface area contributed by atoms with Crippen molar-refractivity contribution in [2.75, 3.05) is 11.9 Å². The van der Waals surface area contributed by atoms with Gasteiger partial charge in [-0.15, -0.1) is 0 Å². The summed E-state index contributed by atoms with van der Waals surface area (Å²) in [7, 11) is 0. The van der Waals surface area contributed by atoms with Gasteiger partial charge in [0.1, 0.15) is 0 Å². The van der Waals surface area contributed by atoms with Crippen molar-refractivity contribution in [2.45, 2.75) is 6.92 Å². The molecule has 1 N–H and O–H groups in total. The highest BCUT2D eigenvalue weighted by molar-refractivity contribution is 9.10. The van der Waals surface area contributed by atoms with E-state index >= 15 is 0 Å². The van der Waals surface area contributed by atoms with E-state index in [-0.39, 0.29) is 5.69 Å².